The van der Waals surface area contributed by atoms with E-state index < -0.39 is 32.5 Å². The topological polar surface area (TPSA) is 132 Å². The largest absolute Gasteiger partial charge is 0.480 e. The quantitative estimate of drug-likeness (QED) is 0.349. The van der Waals surface area contributed by atoms with Crippen LogP contribution in [0.2, 0.25) is 0 Å². The maximum absolute atomic E-state index is 13.6. The van der Waals surface area contributed by atoms with Crippen molar-refractivity contribution in [3.63, 3.8) is 0 Å². The summed E-state index contributed by atoms with van der Waals surface area (Å²) in [7, 11) is -1.52. The Balaban J connectivity index is 1.73. The lowest BCUT2D eigenvalue weighted by atomic mass is 10.0. The lowest BCUT2D eigenvalue weighted by Crippen LogP contribution is -2.32. The fraction of sp³-hybridized carbons (Fsp3) is 0.200. The summed E-state index contributed by atoms with van der Waals surface area (Å²) in [5, 5.41) is 2.83. The maximum Gasteiger partial charge on any atom is 0.262 e. The van der Waals surface area contributed by atoms with Crippen molar-refractivity contribution in [2.75, 3.05) is 18.9 Å². The molecule has 1 atom stereocenters. The van der Waals surface area contributed by atoms with Gasteiger partial charge in [0.15, 0.2) is 11.6 Å². The summed E-state index contributed by atoms with van der Waals surface area (Å²) in [4.78, 5) is 33.0. The zero-order chi connectivity index (χ0) is 27.6. The molecule has 0 spiro atoms. The van der Waals surface area contributed by atoms with E-state index in [2.05, 4.69) is 20.0 Å². The minimum atomic E-state index is -4.32. The van der Waals surface area contributed by atoms with Gasteiger partial charge in [0, 0.05) is 25.4 Å². The number of methoxy groups -OCH3 is 1. The Labute approximate surface area is 216 Å². The fourth-order valence-corrected chi connectivity index (χ4v) is 4.85. The van der Waals surface area contributed by atoms with Crippen molar-refractivity contribution in [2.45, 2.75) is 18.4 Å². The number of anilines is 1. The van der Waals surface area contributed by atoms with Crippen molar-refractivity contribution < 1.29 is 26.7 Å². The number of amides is 1. The van der Waals surface area contributed by atoms with Crippen LogP contribution in [0, 0.1) is 17.6 Å². The van der Waals surface area contributed by atoms with E-state index in [1.165, 1.54) is 37.3 Å². The van der Waals surface area contributed by atoms with Crippen molar-refractivity contribution in [2.24, 2.45) is 5.92 Å². The van der Waals surface area contributed by atoms with Gasteiger partial charge in [0.05, 0.1) is 35.2 Å². The number of hydrogen-bond donors (Lipinski definition) is 2. The summed E-state index contributed by atoms with van der Waals surface area (Å²) >= 11 is 0. The first-order chi connectivity index (χ1) is 18.0. The Morgan fingerprint density at radius 2 is 1.84 bits per heavy atom. The van der Waals surface area contributed by atoms with Crippen molar-refractivity contribution in [1.29, 1.82) is 0 Å². The zero-order valence-corrected chi connectivity index (χ0v) is 21.3. The minimum Gasteiger partial charge on any atom is -0.480 e. The first kappa shape index (κ1) is 26.7. The number of hydrogen-bond acceptors (Lipinski definition) is 7. The molecule has 0 saturated heterocycles. The molecular weight excluding hydrogens is 520 g/mol. The van der Waals surface area contributed by atoms with Crippen molar-refractivity contribution in [1.82, 2.24) is 19.9 Å². The van der Waals surface area contributed by atoms with E-state index in [1.807, 2.05) is 0 Å². The van der Waals surface area contributed by atoms with E-state index in [-0.39, 0.29) is 35.0 Å². The van der Waals surface area contributed by atoms with Gasteiger partial charge in [0.25, 0.3) is 15.6 Å². The SMILES string of the molecule is CNC(=O)C(C)Cn1cnc2ccc(-c3cnc(OC)c(NS(=O)(=O)c4ccc(F)c(F)c4)c3)cc2c1=O. The normalized spacial score (nSPS) is 12.2. The van der Waals surface area contributed by atoms with E-state index >= 15 is 0 Å². The van der Waals surface area contributed by atoms with Crippen LogP contribution in [-0.4, -0.2) is 43.0 Å². The number of sulfonamides is 1. The molecule has 0 aliphatic rings. The van der Waals surface area contributed by atoms with Crippen LogP contribution in [0.15, 0.2) is 64.7 Å². The molecule has 2 aromatic carbocycles. The van der Waals surface area contributed by atoms with Crippen LogP contribution in [0.3, 0.4) is 0 Å². The van der Waals surface area contributed by atoms with Gasteiger partial charge < -0.3 is 10.1 Å². The van der Waals surface area contributed by atoms with Crippen LogP contribution in [-0.2, 0) is 21.4 Å². The summed E-state index contributed by atoms with van der Waals surface area (Å²) in [5.41, 5.74) is 0.982. The van der Waals surface area contributed by atoms with Gasteiger partial charge in [-0.2, -0.15) is 0 Å². The van der Waals surface area contributed by atoms with Gasteiger partial charge in [-0.3, -0.25) is 18.9 Å². The number of aromatic nitrogens is 3. The number of fused-ring (bicyclic) bond motifs is 1. The monoisotopic (exact) mass is 543 g/mol. The molecule has 0 aliphatic carbocycles. The summed E-state index contributed by atoms with van der Waals surface area (Å²) in [5.74, 6) is -3.23. The molecule has 10 nitrogen and oxygen atoms in total. The van der Waals surface area contributed by atoms with Crippen LogP contribution >= 0.6 is 0 Å². The third kappa shape index (κ3) is 5.32. The number of carbonyl (C=O) groups is 1. The Kier molecular flexibility index (Phi) is 7.39. The molecule has 4 rings (SSSR count). The lowest BCUT2D eigenvalue weighted by Gasteiger charge is -2.14. The average molecular weight is 544 g/mol. The number of pyridine rings is 1. The number of ether oxygens (including phenoxy) is 1. The number of halogens is 2. The maximum atomic E-state index is 13.6. The van der Waals surface area contributed by atoms with Gasteiger partial charge in [-0.15, -0.1) is 0 Å². The van der Waals surface area contributed by atoms with Gasteiger partial charge >= 0.3 is 0 Å². The first-order valence-electron chi connectivity index (χ1n) is 11.3. The van der Waals surface area contributed by atoms with Gasteiger partial charge in [0.1, 0.15) is 5.69 Å². The average Bonchev–Trinajstić information content (AvgIpc) is 2.90. The van der Waals surface area contributed by atoms with Crippen molar-refractivity contribution >= 4 is 32.5 Å². The Morgan fingerprint density at radius 3 is 2.53 bits per heavy atom. The number of carbonyl (C=O) groups excluding carboxylic acids is 1. The molecule has 2 N–H and O–H groups in total. The number of benzene rings is 2. The van der Waals surface area contributed by atoms with E-state index in [9.17, 15) is 26.8 Å². The third-order valence-corrected chi connectivity index (χ3v) is 7.18. The van der Waals surface area contributed by atoms with Crippen LogP contribution in [0.4, 0.5) is 14.5 Å². The molecular formula is C25H23F2N5O5S. The Morgan fingerprint density at radius 1 is 1.08 bits per heavy atom. The fourth-order valence-electron chi connectivity index (χ4n) is 3.79. The molecule has 0 saturated carbocycles. The van der Waals surface area contributed by atoms with Crippen LogP contribution in [0.5, 0.6) is 5.88 Å². The predicted molar refractivity (Wildman–Crippen MR) is 136 cm³/mol. The van der Waals surface area contributed by atoms with Gasteiger partial charge in [-0.25, -0.2) is 27.2 Å². The molecule has 4 aromatic rings. The summed E-state index contributed by atoms with van der Waals surface area (Å²) in [6.45, 7) is 1.82. The summed E-state index contributed by atoms with van der Waals surface area (Å²) in [6, 6.07) is 8.54. The molecule has 0 bridgehead atoms. The standard InChI is InChI=1S/C25H23F2N5O5S/c1-14(23(33)28-2)12-32-13-30-21-7-4-15(8-18(21)25(32)34)16-9-22(24(37-3)29-11-16)31-38(35,36)17-5-6-19(26)20(27)10-17/h4-11,13-14,31H,12H2,1-3H3,(H,28,33). The number of nitrogens with one attached hydrogen (secondary N) is 2. The molecule has 0 aliphatic heterocycles. The van der Waals surface area contributed by atoms with Gasteiger partial charge in [-0.05, 0) is 42.0 Å². The van der Waals surface area contributed by atoms with Crippen LogP contribution < -0.4 is 20.3 Å². The highest BCUT2D eigenvalue weighted by atomic mass is 32.2. The zero-order valence-electron chi connectivity index (χ0n) is 20.5. The summed E-state index contributed by atoms with van der Waals surface area (Å²) in [6.07, 6.45) is 2.81. The molecule has 2 heterocycles. The Bertz CT molecular complexity index is 1710. The smallest absolute Gasteiger partial charge is 0.262 e. The van der Waals surface area contributed by atoms with Crippen molar-refractivity contribution in [3.05, 3.63) is 77.0 Å². The first-order valence-corrected chi connectivity index (χ1v) is 12.8. The predicted octanol–water partition coefficient (Wildman–Crippen LogP) is 2.93. The van der Waals surface area contributed by atoms with Crippen molar-refractivity contribution in [3.8, 4) is 17.0 Å². The van der Waals surface area contributed by atoms with E-state index in [0.29, 0.717) is 28.8 Å². The highest BCUT2D eigenvalue weighted by Gasteiger charge is 2.20. The third-order valence-electron chi connectivity index (χ3n) is 5.81. The van der Waals surface area contributed by atoms with Gasteiger partial charge in [0.2, 0.25) is 11.8 Å². The van der Waals surface area contributed by atoms with Crippen LogP contribution in [0.25, 0.3) is 22.0 Å². The molecule has 0 fully saturated rings. The molecule has 1 unspecified atom stereocenters. The van der Waals surface area contributed by atoms with E-state index in [0.717, 1.165) is 6.07 Å². The molecule has 13 heteroatoms. The summed E-state index contributed by atoms with van der Waals surface area (Å²) < 4.78 is 61.4. The van der Waals surface area contributed by atoms with Gasteiger partial charge in [-0.1, -0.05) is 13.0 Å². The van der Waals surface area contributed by atoms with Crippen LogP contribution in [0.1, 0.15) is 6.92 Å². The highest BCUT2D eigenvalue weighted by molar-refractivity contribution is 7.92. The molecule has 1 amide bonds. The van der Waals surface area contributed by atoms with E-state index in [1.54, 1.807) is 25.1 Å². The molecule has 0 radical (unpaired) electrons. The highest BCUT2D eigenvalue weighted by Crippen LogP contribution is 2.31. The molecule has 38 heavy (non-hydrogen) atoms. The Hall–Kier alpha value is -4.39. The van der Waals surface area contributed by atoms with E-state index in [4.69, 9.17) is 4.74 Å². The molecule has 2 aromatic heterocycles. The number of nitrogens with zero attached hydrogens (tertiary/aromatic N) is 3. The molecule has 198 valence electrons. The number of rotatable bonds is 8. The second kappa shape index (κ2) is 10.5. The minimum absolute atomic E-state index is 0.0576. The second-order valence-corrected chi connectivity index (χ2v) is 10.1. The lowest BCUT2D eigenvalue weighted by molar-refractivity contribution is -0.124. The second-order valence-electron chi connectivity index (χ2n) is 8.41.